The summed E-state index contributed by atoms with van der Waals surface area (Å²) in [5.41, 5.74) is 1.35. The van der Waals surface area contributed by atoms with Crippen molar-refractivity contribution in [2.45, 2.75) is 13.5 Å². The van der Waals surface area contributed by atoms with E-state index in [1.165, 1.54) is 18.4 Å². The standard InChI is InChI=1S/C20H18O5S/c1-3-24-20(22)18-17(15-6-4-5-7-16(15)26-18)25-12-13-8-10-14(11-9-13)19(21)23-2/h4-11H,3,12H2,1-2H3. The van der Waals surface area contributed by atoms with Crippen LogP contribution in [0, 0.1) is 0 Å². The molecule has 1 aromatic heterocycles. The fraction of sp³-hybridized carbons (Fsp3) is 0.200. The van der Waals surface area contributed by atoms with Crippen LogP contribution in [0.3, 0.4) is 0 Å². The smallest absolute Gasteiger partial charge is 0.352 e. The van der Waals surface area contributed by atoms with Crippen LogP contribution in [0.2, 0.25) is 0 Å². The van der Waals surface area contributed by atoms with Gasteiger partial charge in [0.1, 0.15) is 6.61 Å². The lowest BCUT2D eigenvalue weighted by atomic mass is 10.1. The molecular formula is C20H18O5S. The Morgan fingerprint density at radius 1 is 1.00 bits per heavy atom. The molecule has 0 aliphatic rings. The highest BCUT2D eigenvalue weighted by Crippen LogP contribution is 2.38. The Labute approximate surface area is 155 Å². The van der Waals surface area contributed by atoms with Crippen LogP contribution in [0.4, 0.5) is 0 Å². The molecule has 0 bridgehead atoms. The van der Waals surface area contributed by atoms with E-state index in [0.29, 0.717) is 22.8 Å². The first-order valence-electron chi connectivity index (χ1n) is 8.12. The molecule has 134 valence electrons. The van der Waals surface area contributed by atoms with E-state index in [-0.39, 0.29) is 18.5 Å². The van der Waals surface area contributed by atoms with Gasteiger partial charge in [-0.15, -0.1) is 11.3 Å². The first-order chi connectivity index (χ1) is 12.6. The Kier molecular flexibility index (Phi) is 5.53. The minimum absolute atomic E-state index is 0.272. The number of benzene rings is 2. The molecule has 0 aliphatic carbocycles. The van der Waals surface area contributed by atoms with Crippen molar-refractivity contribution in [3.8, 4) is 5.75 Å². The molecule has 0 amide bonds. The summed E-state index contributed by atoms with van der Waals surface area (Å²) in [6.07, 6.45) is 0. The molecule has 3 rings (SSSR count). The number of ether oxygens (including phenoxy) is 3. The minimum Gasteiger partial charge on any atom is -0.486 e. The van der Waals surface area contributed by atoms with Gasteiger partial charge in [-0.3, -0.25) is 0 Å². The van der Waals surface area contributed by atoms with Crippen molar-refractivity contribution in [2.24, 2.45) is 0 Å². The third-order valence-corrected chi connectivity index (χ3v) is 4.90. The maximum absolute atomic E-state index is 12.3. The predicted octanol–water partition coefficient (Wildman–Crippen LogP) is 4.44. The molecule has 3 aromatic rings. The van der Waals surface area contributed by atoms with Crippen molar-refractivity contribution in [1.82, 2.24) is 0 Å². The number of methoxy groups -OCH3 is 1. The maximum Gasteiger partial charge on any atom is 0.352 e. The van der Waals surface area contributed by atoms with Gasteiger partial charge in [-0.1, -0.05) is 24.3 Å². The van der Waals surface area contributed by atoms with E-state index < -0.39 is 0 Å². The number of rotatable bonds is 6. The number of carbonyl (C=O) groups excluding carboxylic acids is 2. The second kappa shape index (κ2) is 8.01. The summed E-state index contributed by atoms with van der Waals surface area (Å²) < 4.78 is 16.8. The lowest BCUT2D eigenvalue weighted by molar-refractivity contribution is 0.0526. The normalized spacial score (nSPS) is 10.5. The number of thiophene rings is 1. The van der Waals surface area contributed by atoms with Crippen molar-refractivity contribution >= 4 is 33.4 Å². The van der Waals surface area contributed by atoms with E-state index in [1.54, 1.807) is 31.2 Å². The van der Waals surface area contributed by atoms with Crippen LogP contribution in [0.5, 0.6) is 5.75 Å². The number of carbonyl (C=O) groups is 2. The summed E-state index contributed by atoms with van der Waals surface area (Å²) in [5.74, 6) is -0.239. The van der Waals surface area contributed by atoms with Gasteiger partial charge in [0.15, 0.2) is 10.6 Å². The highest BCUT2D eigenvalue weighted by atomic mass is 32.1. The fourth-order valence-electron chi connectivity index (χ4n) is 2.51. The van der Waals surface area contributed by atoms with Gasteiger partial charge in [0, 0.05) is 10.1 Å². The lowest BCUT2D eigenvalue weighted by Crippen LogP contribution is -2.06. The van der Waals surface area contributed by atoms with Gasteiger partial charge in [-0.25, -0.2) is 9.59 Å². The third-order valence-electron chi connectivity index (χ3n) is 3.77. The van der Waals surface area contributed by atoms with Crippen LogP contribution in [-0.4, -0.2) is 25.7 Å². The number of esters is 2. The van der Waals surface area contributed by atoms with Gasteiger partial charge in [0.2, 0.25) is 0 Å². The Hall–Kier alpha value is -2.86. The van der Waals surface area contributed by atoms with Crippen molar-refractivity contribution in [3.63, 3.8) is 0 Å². The largest absolute Gasteiger partial charge is 0.486 e. The summed E-state index contributed by atoms with van der Waals surface area (Å²) in [6.45, 7) is 2.35. The van der Waals surface area contributed by atoms with Gasteiger partial charge < -0.3 is 14.2 Å². The van der Waals surface area contributed by atoms with Gasteiger partial charge in [-0.05, 0) is 36.8 Å². The number of fused-ring (bicyclic) bond motifs is 1. The first kappa shape index (κ1) is 17.9. The molecule has 26 heavy (non-hydrogen) atoms. The van der Waals surface area contributed by atoms with Crippen molar-refractivity contribution < 1.29 is 23.8 Å². The summed E-state index contributed by atoms with van der Waals surface area (Å²) in [5, 5.41) is 0.881. The molecular weight excluding hydrogens is 352 g/mol. The third kappa shape index (κ3) is 3.70. The van der Waals surface area contributed by atoms with Crippen molar-refractivity contribution in [1.29, 1.82) is 0 Å². The molecule has 0 fully saturated rings. The quantitative estimate of drug-likeness (QED) is 0.600. The van der Waals surface area contributed by atoms with E-state index in [0.717, 1.165) is 15.6 Å². The predicted molar refractivity (Wildman–Crippen MR) is 99.9 cm³/mol. The molecule has 0 unspecified atom stereocenters. The second-order valence-electron chi connectivity index (χ2n) is 5.45. The van der Waals surface area contributed by atoms with E-state index >= 15 is 0 Å². The van der Waals surface area contributed by atoms with Crippen LogP contribution in [0.1, 0.15) is 32.5 Å². The van der Waals surface area contributed by atoms with Crippen LogP contribution >= 0.6 is 11.3 Å². The topological polar surface area (TPSA) is 61.8 Å². The van der Waals surface area contributed by atoms with E-state index in [1.807, 2.05) is 24.3 Å². The zero-order chi connectivity index (χ0) is 18.5. The van der Waals surface area contributed by atoms with Crippen molar-refractivity contribution in [2.75, 3.05) is 13.7 Å². The zero-order valence-corrected chi connectivity index (χ0v) is 15.3. The fourth-order valence-corrected chi connectivity index (χ4v) is 3.55. The van der Waals surface area contributed by atoms with E-state index in [9.17, 15) is 9.59 Å². The molecule has 5 nitrogen and oxygen atoms in total. The minimum atomic E-state index is -0.385. The van der Waals surface area contributed by atoms with Crippen LogP contribution in [-0.2, 0) is 16.1 Å². The first-order valence-corrected chi connectivity index (χ1v) is 8.94. The van der Waals surface area contributed by atoms with Gasteiger partial charge in [-0.2, -0.15) is 0 Å². The molecule has 0 atom stereocenters. The van der Waals surface area contributed by atoms with Gasteiger partial charge >= 0.3 is 11.9 Å². The average Bonchev–Trinajstić information content (AvgIpc) is 3.05. The van der Waals surface area contributed by atoms with E-state index in [2.05, 4.69) is 4.74 Å². The summed E-state index contributed by atoms with van der Waals surface area (Å²) in [4.78, 5) is 24.2. The monoisotopic (exact) mass is 370 g/mol. The molecule has 2 aromatic carbocycles. The lowest BCUT2D eigenvalue weighted by Gasteiger charge is -2.08. The second-order valence-corrected chi connectivity index (χ2v) is 6.51. The van der Waals surface area contributed by atoms with Crippen molar-refractivity contribution in [3.05, 3.63) is 64.5 Å². The van der Waals surface area contributed by atoms with E-state index in [4.69, 9.17) is 9.47 Å². The molecule has 6 heteroatoms. The van der Waals surface area contributed by atoms with Crippen LogP contribution < -0.4 is 4.74 Å². The number of hydrogen-bond donors (Lipinski definition) is 0. The zero-order valence-electron chi connectivity index (χ0n) is 14.5. The summed E-state index contributed by atoms with van der Waals surface area (Å²) in [6, 6.07) is 14.6. The van der Waals surface area contributed by atoms with Gasteiger partial charge in [0.05, 0.1) is 19.3 Å². The van der Waals surface area contributed by atoms with Gasteiger partial charge in [0.25, 0.3) is 0 Å². The molecule has 0 N–H and O–H groups in total. The Morgan fingerprint density at radius 2 is 1.73 bits per heavy atom. The molecule has 0 radical (unpaired) electrons. The Morgan fingerprint density at radius 3 is 2.42 bits per heavy atom. The van der Waals surface area contributed by atoms with Crippen LogP contribution in [0.15, 0.2) is 48.5 Å². The molecule has 0 aliphatic heterocycles. The molecule has 0 saturated carbocycles. The highest BCUT2D eigenvalue weighted by Gasteiger charge is 2.21. The maximum atomic E-state index is 12.3. The SMILES string of the molecule is CCOC(=O)c1sc2ccccc2c1OCc1ccc(C(=O)OC)cc1. The average molecular weight is 370 g/mol. The summed E-state index contributed by atoms with van der Waals surface area (Å²) in [7, 11) is 1.35. The van der Waals surface area contributed by atoms with Crippen LogP contribution in [0.25, 0.3) is 10.1 Å². The molecule has 1 heterocycles. The Balaban J connectivity index is 1.84. The summed E-state index contributed by atoms with van der Waals surface area (Å²) >= 11 is 1.36. The highest BCUT2D eigenvalue weighted by molar-refractivity contribution is 7.21. The number of hydrogen-bond acceptors (Lipinski definition) is 6. The molecule has 0 saturated heterocycles. The molecule has 0 spiro atoms. The Bertz CT molecular complexity index is 927.